The zero-order valence-electron chi connectivity index (χ0n) is 19.8. The number of nitrogens with zero attached hydrogens (tertiary/aromatic N) is 3. The third-order valence-electron chi connectivity index (χ3n) is 6.34. The number of benzene rings is 3. The topological polar surface area (TPSA) is 67.6 Å². The SMILES string of the molecule is Cc1cc(C)cc(OC[C@H](O)Cn2c([C@H]3CC(=O)N(c4ccc(F)cc4)C3)nc3ccccc32)c1. The van der Waals surface area contributed by atoms with E-state index in [-0.39, 0.29) is 24.2 Å². The Labute approximate surface area is 203 Å². The molecule has 0 spiro atoms. The van der Waals surface area contributed by atoms with Crippen molar-refractivity contribution in [2.75, 3.05) is 18.1 Å². The minimum Gasteiger partial charge on any atom is -0.491 e. The van der Waals surface area contributed by atoms with E-state index in [1.807, 2.05) is 54.8 Å². The Balaban J connectivity index is 1.37. The molecule has 0 radical (unpaired) electrons. The van der Waals surface area contributed by atoms with Crippen molar-refractivity contribution in [3.63, 3.8) is 0 Å². The van der Waals surface area contributed by atoms with Crippen LogP contribution in [0.1, 0.15) is 29.3 Å². The fraction of sp³-hybridized carbons (Fsp3) is 0.286. The van der Waals surface area contributed by atoms with Crippen LogP contribution in [-0.2, 0) is 11.3 Å². The summed E-state index contributed by atoms with van der Waals surface area (Å²) >= 11 is 0. The fourth-order valence-electron chi connectivity index (χ4n) is 4.82. The summed E-state index contributed by atoms with van der Waals surface area (Å²) in [6, 6.07) is 19.7. The molecule has 1 fully saturated rings. The highest BCUT2D eigenvalue weighted by atomic mass is 19.1. The summed E-state index contributed by atoms with van der Waals surface area (Å²) in [7, 11) is 0. The smallest absolute Gasteiger partial charge is 0.227 e. The van der Waals surface area contributed by atoms with Gasteiger partial charge in [0, 0.05) is 24.6 Å². The summed E-state index contributed by atoms with van der Waals surface area (Å²) in [5, 5.41) is 10.9. The van der Waals surface area contributed by atoms with Crippen LogP contribution in [0.25, 0.3) is 11.0 Å². The second-order valence-electron chi connectivity index (χ2n) is 9.24. The summed E-state index contributed by atoms with van der Waals surface area (Å²) in [4.78, 5) is 19.3. The number of imidazole rings is 1. The monoisotopic (exact) mass is 473 g/mol. The number of hydrogen-bond donors (Lipinski definition) is 1. The lowest BCUT2D eigenvalue weighted by atomic mass is 10.1. The van der Waals surface area contributed by atoms with Crippen LogP contribution in [0.15, 0.2) is 66.7 Å². The minimum absolute atomic E-state index is 0.0288. The summed E-state index contributed by atoms with van der Waals surface area (Å²) in [5.74, 6) is 0.977. The van der Waals surface area contributed by atoms with Crippen molar-refractivity contribution in [3.05, 3.63) is 89.5 Å². The van der Waals surface area contributed by atoms with Crippen molar-refractivity contribution in [1.29, 1.82) is 0 Å². The van der Waals surface area contributed by atoms with E-state index in [2.05, 4.69) is 6.07 Å². The fourth-order valence-corrected chi connectivity index (χ4v) is 4.82. The van der Waals surface area contributed by atoms with Crippen LogP contribution >= 0.6 is 0 Å². The van der Waals surface area contributed by atoms with Gasteiger partial charge < -0.3 is 19.3 Å². The van der Waals surface area contributed by atoms with Gasteiger partial charge in [-0.3, -0.25) is 4.79 Å². The largest absolute Gasteiger partial charge is 0.491 e. The molecule has 1 aliphatic rings. The molecule has 0 saturated carbocycles. The molecule has 4 aromatic rings. The zero-order chi connectivity index (χ0) is 24.5. The van der Waals surface area contributed by atoms with Gasteiger partial charge in [0.2, 0.25) is 5.91 Å². The first-order valence-electron chi connectivity index (χ1n) is 11.8. The van der Waals surface area contributed by atoms with Gasteiger partial charge in [0.05, 0.1) is 17.6 Å². The molecule has 1 aromatic heterocycles. The van der Waals surface area contributed by atoms with Crippen molar-refractivity contribution >= 4 is 22.6 Å². The number of aliphatic hydroxyl groups excluding tert-OH is 1. The number of ether oxygens (including phenoxy) is 1. The van der Waals surface area contributed by atoms with Crippen LogP contribution in [0.3, 0.4) is 0 Å². The molecular weight excluding hydrogens is 445 g/mol. The van der Waals surface area contributed by atoms with Gasteiger partial charge in [0.15, 0.2) is 0 Å². The van der Waals surface area contributed by atoms with Gasteiger partial charge in [-0.25, -0.2) is 9.37 Å². The van der Waals surface area contributed by atoms with Gasteiger partial charge in [-0.15, -0.1) is 0 Å². The number of carbonyl (C=O) groups is 1. The maximum absolute atomic E-state index is 13.4. The summed E-state index contributed by atoms with van der Waals surface area (Å²) in [6.07, 6.45) is -0.465. The van der Waals surface area contributed by atoms with Crippen LogP contribution in [-0.4, -0.2) is 39.8 Å². The number of aryl methyl sites for hydroxylation is 2. The molecule has 3 aromatic carbocycles. The molecule has 6 nitrogen and oxygen atoms in total. The van der Waals surface area contributed by atoms with Gasteiger partial charge in [0.1, 0.15) is 30.1 Å². The number of rotatable bonds is 7. The first kappa shape index (κ1) is 23.1. The number of fused-ring (bicyclic) bond motifs is 1. The van der Waals surface area contributed by atoms with Crippen LogP contribution in [0.2, 0.25) is 0 Å². The molecule has 1 N–H and O–H groups in total. The van der Waals surface area contributed by atoms with Crippen LogP contribution in [0.4, 0.5) is 10.1 Å². The Morgan fingerprint density at radius 1 is 1.09 bits per heavy atom. The molecule has 0 bridgehead atoms. The number of para-hydroxylation sites is 2. The molecule has 5 rings (SSSR count). The molecule has 1 amide bonds. The van der Waals surface area contributed by atoms with Crippen molar-refractivity contribution in [1.82, 2.24) is 9.55 Å². The van der Waals surface area contributed by atoms with Crippen molar-refractivity contribution < 1.29 is 19.0 Å². The lowest BCUT2D eigenvalue weighted by Gasteiger charge is -2.19. The Morgan fingerprint density at radius 3 is 2.54 bits per heavy atom. The quantitative estimate of drug-likeness (QED) is 0.421. The number of aromatic nitrogens is 2. The Morgan fingerprint density at radius 2 is 1.80 bits per heavy atom. The lowest BCUT2D eigenvalue weighted by molar-refractivity contribution is -0.117. The van der Waals surface area contributed by atoms with E-state index in [0.29, 0.717) is 25.2 Å². The molecule has 1 aliphatic heterocycles. The predicted octanol–water partition coefficient (Wildman–Crippen LogP) is 4.75. The molecule has 0 aliphatic carbocycles. The van der Waals surface area contributed by atoms with Crippen LogP contribution < -0.4 is 9.64 Å². The summed E-state index contributed by atoms with van der Waals surface area (Å²) in [6.45, 7) is 4.90. The highest BCUT2D eigenvalue weighted by Crippen LogP contribution is 2.33. The standard InChI is InChI=1S/C28H28FN3O3/c1-18-11-19(2)13-24(12-18)35-17-23(33)16-32-26-6-4-3-5-25(26)30-28(32)20-14-27(34)31(15-20)22-9-7-21(29)8-10-22/h3-13,20,23,33H,14-17H2,1-2H3/t20-,23+/m0/s1. The molecule has 2 atom stereocenters. The van der Waals surface area contributed by atoms with Crippen LogP contribution in [0.5, 0.6) is 5.75 Å². The maximum atomic E-state index is 13.4. The Kier molecular flexibility index (Phi) is 6.26. The van der Waals surface area contributed by atoms with E-state index >= 15 is 0 Å². The molecule has 7 heteroatoms. The van der Waals surface area contributed by atoms with E-state index in [4.69, 9.17) is 9.72 Å². The second kappa shape index (κ2) is 9.50. The van der Waals surface area contributed by atoms with Gasteiger partial charge in [0.25, 0.3) is 0 Å². The minimum atomic E-state index is -0.766. The average Bonchev–Trinajstić information content (AvgIpc) is 3.38. The highest BCUT2D eigenvalue weighted by molar-refractivity contribution is 5.96. The average molecular weight is 474 g/mol. The zero-order valence-corrected chi connectivity index (χ0v) is 19.8. The van der Waals surface area contributed by atoms with Gasteiger partial charge >= 0.3 is 0 Å². The number of anilines is 1. The third kappa shape index (κ3) is 4.91. The van der Waals surface area contributed by atoms with Crippen molar-refractivity contribution in [2.45, 2.75) is 38.8 Å². The van der Waals surface area contributed by atoms with Gasteiger partial charge in [-0.2, -0.15) is 0 Å². The summed E-state index contributed by atoms with van der Waals surface area (Å²) in [5.41, 5.74) is 4.60. The summed E-state index contributed by atoms with van der Waals surface area (Å²) < 4.78 is 21.2. The van der Waals surface area contributed by atoms with Crippen molar-refractivity contribution in [2.24, 2.45) is 0 Å². The first-order chi connectivity index (χ1) is 16.9. The number of hydrogen-bond acceptors (Lipinski definition) is 4. The van der Waals surface area contributed by atoms with E-state index < -0.39 is 6.10 Å². The number of halogens is 1. The molecule has 180 valence electrons. The molecule has 35 heavy (non-hydrogen) atoms. The predicted molar refractivity (Wildman–Crippen MR) is 133 cm³/mol. The van der Waals surface area contributed by atoms with E-state index in [0.717, 1.165) is 33.7 Å². The molecule has 1 saturated heterocycles. The molecule has 0 unspecified atom stereocenters. The second-order valence-corrected chi connectivity index (χ2v) is 9.24. The maximum Gasteiger partial charge on any atom is 0.227 e. The van der Waals surface area contributed by atoms with E-state index in [1.54, 1.807) is 17.0 Å². The third-order valence-corrected chi connectivity index (χ3v) is 6.34. The Hall–Kier alpha value is -3.71. The van der Waals surface area contributed by atoms with Crippen molar-refractivity contribution in [3.8, 4) is 5.75 Å². The number of amides is 1. The lowest BCUT2D eigenvalue weighted by Crippen LogP contribution is -2.26. The number of carbonyl (C=O) groups excluding carboxylic acids is 1. The van der Waals surface area contributed by atoms with E-state index in [9.17, 15) is 14.3 Å². The highest BCUT2D eigenvalue weighted by Gasteiger charge is 2.35. The van der Waals surface area contributed by atoms with Crippen LogP contribution in [0, 0.1) is 19.7 Å². The normalized spacial score (nSPS) is 16.7. The molecular formula is C28H28FN3O3. The van der Waals surface area contributed by atoms with Gasteiger partial charge in [-0.05, 0) is 73.5 Å². The van der Waals surface area contributed by atoms with Gasteiger partial charge in [-0.1, -0.05) is 18.2 Å². The molecule has 2 heterocycles. The van der Waals surface area contributed by atoms with E-state index in [1.165, 1.54) is 12.1 Å². The Bertz CT molecular complexity index is 1350. The first-order valence-corrected chi connectivity index (χ1v) is 11.8. The number of aliphatic hydroxyl groups is 1.